The maximum Gasteiger partial charge on any atom is 0.422 e. The second-order valence-electron chi connectivity index (χ2n) is 8.61. The van der Waals surface area contributed by atoms with Crippen LogP contribution in [0.1, 0.15) is 42.7 Å². The molecular formula is C22H22F3N5O4S2. The maximum absolute atomic E-state index is 12.9. The van der Waals surface area contributed by atoms with Gasteiger partial charge in [-0.1, -0.05) is 12.1 Å². The minimum Gasteiger partial charge on any atom is -0.467 e. The molecule has 14 heteroatoms. The van der Waals surface area contributed by atoms with Crippen molar-refractivity contribution in [3.63, 3.8) is 0 Å². The molecule has 192 valence electrons. The lowest BCUT2D eigenvalue weighted by atomic mass is 10.0. The van der Waals surface area contributed by atoms with Gasteiger partial charge < -0.3 is 10.1 Å². The molecule has 0 radical (unpaired) electrons. The summed E-state index contributed by atoms with van der Waals surface area (Å²) in [7, 11) is 0. The average molecular weight is 542 g/mol. The van der Waals surface area contributed by atoms with Gasteiger partial charge >= 0.3 is 6.18 Å². The number of ether oxygens (including phenoxy) is 1. The molecule has 2 heterocycles. The summed E-state index contributed by atoms with van der Waals surface area (Å²) in [4.78, 5) is 25.3. The van der Waals surface area contributed by atoms with Crippen molar-refractivity contribution in [1.82, 2.24) is 20.3 Å². The van der Waals surface area contributed by atoms with Crippen molar-refractivity contribution in [3.8, 4) is 17.1 Å². The van der Waals surface area contributed by atoms with Crippen LogP contribution in [0.2, 0.25) is 0 Å². The third kappa shape index (κ3) is 6.36. The van der Waals surface area contributed by atoms with Crippen molar-refractivity contribution in [1.29, 1.82) is 0 Å². The summed E-state index contributed by atoms with van der Waals surface area (Å²) in [6.07, 6.45) is -0.371. The third-order valence-electron chi connectivity index (χ3n) is 5.23. The predicted molar refractivity (Wildman–Crippen MR) is 128 cm³/mol. The van der Waals surface area contributed by atoms with Crippen molar-refractivity contribution in [2.45, 2.75) is 44.4 Å². The highest BCUT2D eigenvalue weighted by atomic mass is 32.2. The number of hydrogen-bond donors (Lipinski definition) is 2. The van der Waals surface area contributed by atoms with E-state index in [9.17, 15) is 26.7 Å². The van der Waals surface area contributed by atoms with E-state index in [4.69, 9.17) is 0 Å². The molecule has 3 aromatic rings. The van der Waals surface area contributed by atoms with Gasteiger partial charge in [-0.05, 0) is 38.8 Å². The lowest BCUT2D eigenvalue weighted by molar-refractivity contribution is -0.154. The monoisotopic (exact) mass is 541 g/mol. The lowest BCUT2D eigenvalue weighted by Crippen LogP contribution is -2.41. The van der Waals surface area contributed by atoms with Crippen LogP contribution in [0.5, 0.6) is 5.88 Å². The van der Waals surface area contributed by atoms with Crippen LogP contribution in [-0.4, -0.2) is 48.4 Å². The second kappa shape index (κ2) is 10.1. The van der Waals surface area contributed by atoms with Gasteiger partial charge in [-0.15, -0.1) is 11.3 Å². The number of aromatic nitrogens is 3. The third-order valence-corrected chi connectivity index (χ3v) is 7.00. The van der Waals surface area contributed by atoms with E-state index < -0.39 is 29.6 Å². The molecule has 1 fully saturated rings. The molecule has 1 aliphatic rings. The first-order valence-electron chi connectivity index (χ1n) is 10.7. The summed E-state index contributed by atoms with van der Waals surface area (Å²) < 4.78 is 64.4. The van der Waals surface area contributed by atoms with Crippen molar-refractivity contribution < 1.29 is 31.5 Å². The van der Waals surface area contributed by atoms with Gasteiger partial charge in [-0.3, -0.25) is 14.3 Å². The Kier molecular flexibility index (Phi) is 7.29. The number of rotatable bonds is 9. The summed E-state index contributed by atoms with van der Waals surface area (Å²) in [5.74, 6) is -0.638. The number of carbonyl (C=O) groups excluding carboxylic acids is 1. The molecule has 1 saturated carbocycles. The summed E-state index contributed by atoms with van der Waals surface area (Å²) in [6, 6.07) is 6.31. The Bertz CT molecular complexity index is 1260. The average Bonchev–Trinajstić information content (AvgIpc) is 3.51. The van der Waals surface area contributed by atoms with Crippen LogP contribution in [0.15, 0.2) is 42.0 Å². The Hall–Kier alpha value is -3.10. The van der Waals surface area contributed by atoms with Crippen LogP contribution in [0, 0.1) is 0 Å². The SMILES string of the molecule is CC(C)(NC(=O)c1ccc(-c2cncc(OCC(F)(F)F)n2)cc1)c1csc(N(C2CC2)S(=O)O)n1. The molecule has 4 rings (SSSR count). The number of anilines is 1. The topological polar surface area (TPSA) is 118 Å². The Balaban J connectivity index is 1.43. The van der Waals surface area contributed by atoms with E-state index in [1.54, 1.807) is 43.5 Å². The normalized spacial score (nSPS) is 14.8. The van der Waals surface area contributed by atoms with Crippen molar-refractivity contribution >= 4 is 33.6 Å². The minimum absolute atomic E-state index is 0.00682. The van der Waals surface area contributed by atoms with E-state index in [1.165, 1.54) is 21.8 Å². The van der Waals surface area contributed by atoms with Crippen LogP contribution in [0.25, 0.3) is 11.3 Å². The molecule has 0 saturated heterocycles. The van der Waals surface area contributed by atoms with Gasteiger partial charge in [0.1, 0.15) is 0 Å². The van der Waals surface area contributed by atoms with E-state index >= 15 is 0 Å². The summed E-state index contributed by atoms with van der Waals surface area (Å²) in [6.45, 7) is 2.08. The number of amides is 1. The van der Waals surface area contributed by atoms with E-state index in [0.717, 1.165) is 19.0 Å². The number of thiazole rings is 1. The van der Waals surface area contributed by atoms with Gasteiger partial charge in [0.15, 0.2) is 11.7 Å². The summed E-state index contributed by atoms with van der Waals surface area (Å²) >= 11 is -0.940. The molecule has 1 aromatic carbocycles. The minimum atomic E-state index is -4.49. The number of nitrogens with zero attached hydrogens (tertiary/aromatic N) is 4. The van der Waals surface area contributed by atoms with Gasteiger partial charge in [0.05, 0.1) is 29.3 Å². The van der Waals surface area contributed by atoms with Gasteiger partial charge in [-0.2, -0.15) is 13.2 Å². The second-order valence-corrected chi connectivity index (χ2v) is 10.3. The molecule has 0 aliphatic heterocycles. The molecule has 1 atom stereocenters. The van der Waals surface area contributed by atoms with Crippen molar-refractivity contribution in [2.75, 3.05) is 10.9 Å². The van der Waals surface area contributed by atoms with E-state index in [2.05, 4.69) is 25.0 Å². The maximum atomic E-state index is 12.9. The molecule has 2 aromatic heterocycles. The van der Waals surface area contributed by atoms with Gasteiger partial charge in [0.2, 0.25) is 5.88 Å². The zero-order valence-corrected chi connectivity index (χ0v) is 20.8. The molecular weight excluding hydrogens is 519 g/mol. The molecule has 1 aliphatic carbocycles. The first-order chi connectivity index (χ1) is 16.9. The zero-order chi connectivity index (χ0) is 26.1. The molecule has 9 nitrogen and oxygen atoms in total. The van der Waals surface area contributed by atoms with Crippen molar-refractivity contribution in [3.05, 3.63) is 53.3 Å². The standard InChI is InChI=1S/C22H22F3N5O4S2/c1-21(2,17-11-35-20(28-17)30(36(32)33)15-7-8-15)29-19(31)14-5-3-13(4-6-14)16-9-26-10-18(27-16)34-12-22(23,24)25/h3-6,9-11,15H,7-8,12H2,1-2H3,(H,29,31)(H,32,33). The quantitative estimate of drug-likeness (QED) is 0.388. The zero-order valence-electron chi connectivity index (χ0n) is 19.2. The highest BCUT2D eigenvalue weighted by Gasteiger charge is 2.36. The van der Waals surface area contributed by atoms with Gasteiger partial charge in [0.25, 0.3) is 17.2 Å². The fraction of sp³-hybridized carbons (Fsp3) is 0.364. The molecule has 36 heavy (non-hydrogen) atoms. The van der Waals surface area contributed by atoms with Crippen LogP contribution < -0.4 is 14.4 Å². The predicted octanol–water partition coefficient (Wildman–Crippen LogP) is 4.31. The highest BCUT2D eigenvalue weighted by Crippen LogP contribution is 2.36. The van der Waals surface area contributed by atoms with E-state index in [1.807, 2.05) is 0 Å². The first-order valence-corrected chi connectivity index (χ1v) is 12.7. The Morgan fingerprint density at radius 3 is 2.53 bits per heavy atom. The van der Waals surface area contributed by atoms with E-state index in [0.29, 0.717) is 27.6 Å². The number of hydrogen-bond acceptors (Lipinski definition) is 7. The molecule has 1 amide bonds. The molecule has 0 spiro atoms. The molecule has 2 N–H and O–H groups in total. The van der Waals surface area contributed by atoms with Crippen LogP contribution in [-0.2, 0) is 16.8 Å². The largest absolute Gasteiger partial charge is 0.467 e. The number of nitrogens with one attached hydrogen (secondary N) is 1. The van der Waals surface area contributed by atoms with Crippen molar-refractivity contribution in [2.24, 2.45) is 0 Å². The Morgan fingerprint density at radius 2 is 1.92 bits per heavy atom. The fourth-order valence-electron chi connectivity index (χ4n) is 3.24. The Morgan fingerprint density at radius 1 is 1.22 bits per heavy atom. The smallest absolute Gasteiger partial charge is 0.422 e. The lowest BCUT2D eigenvalue weighted by Gasteiger charge is -2.24. The van der Waals surface area contributed by atoms with Crippen LogP contribution >= 0.6 is 11.3 Å². The number of benzene rings is 1. The first kappa shape index (κ1) is 26.0. The summed E-state index contributed by atoms with van der Waals surface area (Å²) in [5, 5.41) is 5.07. The highest BCUT2D eigenvalue weighted by molar-refractivity contribution is 7.81. The number of halogens is 3. The molecule has 0 bridgehead atoms. The van der Waals surface area contributed by atoms with Gasteiger partial charge in [-0.25, -0.2) is 18.5 Å². The molecule has 1 unspecified atom stereocenters. The van der Waals surface area contributed by atoms with Crippen LogP contribution in [0.3, 0.4) is 0 Å². The van der Waals surface area contributed by atoms with E-state index in [-0.39, 0.29) is 17.8 Å². The summed E-state index contributed by atoms with van der Waals surface area (Å²) in [5.41, 5.74) is 0.854. The van der Waals surface area contributed by atoms with Crippen LogP contribution in [0.4, 0.5) is 18.3 Å². The van der Waals surface area contributed by atoms with Gasteiger partial charge in [0, 0.05) is 22.5 Å². The fourth-order valence-corrected chi connectivity index (χ4v) is 5.17. The Labute approximate surface area is 211 Å². The number of carbonyl (C=O) groups is 1. The number of alkyl halides is 3.